The van der Waals surface area contributed by atoms with Crippen molar-refractivity contribution in [1.29, 1.82) is 0 Å². The number of carbonyl (C=O) groups excluding carboxylic acids is 1. The first-order valence-electron chi connectivity index (χ1n) is 11.9. The van der Waals surface area contributed by atoms with E-state index in [1.165, 1.54) is 5.56 Å². The molecule has 0 aliphatic carbocycles. The zero-order valence-electron chi connectivity index (χ0n) is 20.6. The molecule has 0 fully saturated rings. The van der Waals surface area contributed by atoms with Gasteiger partial charge in [0.2, 0.25) is 0 Å². The van der Waals surface area contributed by atoms with Gasteiger partial charge in [-0.3, -0.25) is 4.84 Å². The fourth-order valence-corrected chi connectivity index (χ4v) is 4.48. The van der Waals surface area contributed by atoms with Gasteiger partial charge in [-0.25, -0.2) is 0 Å². The highest BCUT2D eigenvalue weighted by molar-refractivity contribution is 5.75. The summed E-state index contributed by atoms with van der Waals surface area (Å²) < 4.78 is 0. The average molecular weight is 444 g/mol. The summed E-state index contributed by atoms with van der Waals surface area (Å²) in [4.78, 5) is 19.0. The molecule has 3 heteroatoms. The minimum Gasteiger partial charge on any atom is -0.300 e. The van der Waals surface area contributed by atoms with Crippen LogP contribution in [0.5, 0.6) is 0 Å². The normalized spacial score (nSPS) is 15.2. The Morgan fingerprint density at radius 1 is 0.818 bits per heavy atom. The number of carbonyl (C=O) groups is 1. The molecule has 3 nitrogen and oxygen atoms in total. The van der Waals surface area contributed by atoms with Crippen LogP contribution in [0.2, 0.25) is 0 Å². The summed E-state index contributed by atoms with van der Waals surface area (Å²) in [5.41, 5.74) is 2.98. The Labute approximate surface area is 199 Å². The predicted molar refractivity (Wildman–Crippen MR) is 136 cm³/mol. The van der Waals surface area contributed by atoms with Crippen LogP contribution >= 0.6 is 0 Å². The molecule has 33 heavy (non-hydrogen) atoms. The summed E-state index contributed by atoms with van der Waals surface area (Å²) in [5, 5.41) is 2.18. The third-order valence-corrected chi connectivity index (χ3v) is 6.41. The van der Waals surface area contributed by atoms with Gasteiger partial charge in [0.25, 0.3) is 0 Å². The van der Waals surface area contributed by atoms with Crippen molar-refractivity contribution in [2.75, 3.05) is 0 Å². The van der Waals surface area contributed by atoms with Gasteiger partial charge < -0.3 is 4.79 Å². The van der Waals surface area contributed by atoms with Gasteiger partial charge in [0.05, 0.1) is 11.6 Å². The van der Waals surface area contributed by atoms with E-state index in [-0.39, 0.29) is 23.8 Å². The van der Waals surface area contributed by atoms with E-state index < -0.39 is 5.54 Å². The molecule has 3 aromatic carbocycles. The molecule has 0 bridgehead atoms. The van der Waals surface area contributed by atoms with Gasteiger partial charge in [-0.15, -0.1) is 0 Å². The lowest BCUT2D eigenvalue weighted by atomic mass is 9.82. The molecule has 0 spiro atoms. The van der Waals surface area contributed by atoms with Crippen molar-refractivity contribution in [3.63, 3.8) is 0 Å². The second-order valence-corrected chi connectivity index (χ2v) is 9.43. The summed E-state index contributed by atoms with van der Waals surface area (Å²) in [7, 11) is 0. The Kier molecular flexibility index (Phi) is 8.60. The highest BCUT2D eigenvalue weighted by atomic mass is 16.7. The lowest BCUT2D eigenvalue weighted by Crippen LogP contribution is -2.48. The number of hydrogen-bond acceptors (Lipinski definition) is 3. The van der Waals surface area contributed by atoms with E-state index in [9.17, 15) is 4.79 Å². The van der Waals surface area contributed by atoms with Crippen LogP contribution in [-0.2, 0) is 15.2 Å². The maximum absolute atomic E-state index is 12.1. The lowest BCUT2D eigenvalue weighted by Gasteiger charge is -2.47. The van der Waals surface area contributed by atoms with Gasteiger partial charge in [-0.05, 0) is 49.8 Å². The molecule has 0 aromatic heterocycles. The molecule has 3 aromatic rings. The summed E-state index contributed by atoms with van der Waals surface area (Å²) >= 11 is 0. The predicted octanol–water partition coefficient (Wildman–Crippen LogP) is 7.66. The number of hydroxylamine groups is 2. The van der Waals surface area contributed by atoms with Crippen molar-refractivity contribution in [2.24, 2.45) is 5.92 Å². The quantitative estimate of drug-likeness (QED) is 0.285. The standard InChI is InChI=1S/C30H37NO2/c1-23(2)29(27-17-11-7-12-18-27)31(33-25(4)26-15-9-6-10-16-26)30(5,22-21-24(3)32)28-19-13-8-14-20-28/h6-20,23,25,29H,21-22H2,1-5H3. The minimum atomic E-state index is -0.499. The third-order valence-electron chi connectivity index (χ3n) is 6.41. The first-order valence-corrected chi connectivity index (χ1v) is 11.9. The van der Waals surface area contributed by atoms with E-state index in [4.69, 9.17) is 4.84 Å². The monoisotopic (exact) mass is 443 g/mol. The van der Waals surface area contributed by atoms with Crippen molar-refractivity contribution in [1.82, 2.24) is 5.06 Å². The molecule has 0 saturated heterocycles. The Hall–Kier alpha value is -2.75. The molecule has 174 valence electrons. The molecule has 3 unspecified atom stereocenters. The Morgan fingerprint density at radius 3 is 1.79 bits per heavy atom. The molecule has 0 aliphatic rings. The second kappa shape index (κ2) is 11.4. The molecule has 0 N–H and O–H groups in total. The van der Waals surface area contributed by atoms with Crippen LogP contribution in [0.4, 0.5) is 0 Å². The van der Waals surface area contributed by atoms with Gasteiger partial charge in [0.1, 0.15) is 11.9 Å². The van der Waals surface area contributed by atoms with E-state index in [0.29, 0.717) is 12.8 Å². The van der Waals surface area contributed by atoms with Crippen molar-refractivity contribution in [3.05, 3.63) is 108 Å². The van der Waals surface area contributed by atoms with Crippen LogP contribution in [0.3, 0.4) is 0 Å². The van der Waals surface area contributed by atoms with Gasteiger partial charge in [0, 0.05) is 6.42 Å². The summed E-state index contributed by atoms with van der Waals surface area (Å²) in [5.74, 6) is 0.477. The van der Waals surface area contributed by atoms with Crippen LogP contribution in [0, 0.1) is 5.92 Å². The SMILES string of the molecule is CC(=O)CCC(C)(c1ccccc1)N(OC(C)c1ccccc1)C(c1ccccc1)C(C)C. The van der Waals surface area contributed by atoms with Gasteiger partial charge in [-0.1, -0.05) is 105 Å². The number of hydrogen-bond donors (Lipinski definition) is 0. The van der Waals surface area contributed by atoms with Gasteiger partial charge >= 0.3 is 0 Å². The molecule has 3 rings (SSSR count). The van der Waals surface area contributed by atoms with Crippen molar-refractivity contribution >= 4 is 5.78 Å². The topological polar surface area (TPSA) is 29.5 Å². The first-order chi connectivity index (χ1) is 15.8. The number of nitrogens with zero attached hydrogens (tertiary/aromatic N) is 1. The van der Waals surface area contributed by atoms with Crippen LogP contribution in [-0.4, -0.2) is 10.8 Å². The van der Waals surface area contributed by atoms with Crippen molar-refractivity contribution in [3.8, 4) is 0 Å². The second-order valence-electron chi connectivity index (χ2n) is 9.43. The fourth-order valence-electron chi connectivity index (χ4n) is 4.48. The van der Waals surface area contributed by atoms with Crippen LogP contribution < -0.4 is 0 Å². The molecule has 3 atom stereocenters. The minimum absolute atomic E-state index is 0.00882. The van der Waals surface area contributed by atoms with E-state index in [1.807, 2.05) is 30.3 Å². The Bertz CT molecular complexity index is 988. The van der Waals surface area contributed by atoms with E-state index in [2.05, 4.69) is 93.4 Å². The highest BCUT2D eigenvalue weighted by Crippen LogP contribution is 2.44. The van der Waals surface area contributed by atoms with E-state index in [0.717, 1.165) is 11.1 Å². The number of rotatable bonds is 11. The molecular formula is C30H37NO2. The summed E-state index contributed by atoms with van der Waals surface area (Å²) in [6, 6.07) is 31.3. The van der Waals surface area contributed by atoms with Crippen LogP contribution in [0.15, 0.2) is 91.0 Å². The largest absolute Gasteiger partial charge is 0.300 e. The molecule has 0 radical (unpaired) electrons. The Balaban J connectivity index is 2.14. The van der Waals surface area contributed by atoms with E-state index in [1.54, 1.807) is 6.92 Å². The molecule has 0 amide bonds. The molecule has 0 aliphatic heterocycles. The zero-order chi connectivity index (χ0) is 23.8. The first kappa shape index (κ1) is 24.9. The Morgan fingerprint density at radius 2 is 1.30 bits per heavy atom. The van der Waals surface area contributed by atoms with Crippen molar-refractivity contribution < 1.29 is 9.63 Å². The smallest absolute Gasteiger partial charge is 0.129 e. The van der Waals surface area contributed by atoms with Crippen molar-refractivity contribution in [2.45, 2.75) is 65.1 Å². The number of ketones is 1. The summed E-state index contributed by atoms with van der Waals surface area (Å²) in [6.07, 6.45) is 1.02. The fraction of sp³-hybridized carbons (Fsp3) is 0.367. The molecule has 0 heterocycles. The number of Topliss-reactive ketones (excluding diaryl/α,β-unsaturated/α-hetero) is 1. The zero-order valence-corrected chi connectivity index (χ0v) is 20.6. The van der Waals surface area contributed by atoms with Crippen LogP contribution in [0.1, 0.15) is 76.3 Å². The lowest BCUT2D eigenvalue weighted by molar-refractivity contribution is -0.286. The highest BCUT2D eigenvalue weighted by Gasteiger charge is 2.42. The third kappa shape index (κ3) is 6.19. The van der Waals surface area contributed by atoms with Gasteiger partial charge in [0.15, 0.2) is 0 Å². The number of benzene rings is 3. The van der Waals surface area contributed by atoms with E-state index >= 15 is 0 Å². The summed E-state index contributed by atoms with van der Waals surface area (Å²) in [6.45, 7) is 10.4. The maximum atomic E-state index is 12.1. The molecular weight excluding hydrogens is 406 g/mol. The van der Waals surface area contributed by atoms with Crippen LogP contribution in [0.25, 0.3) is 0 Å². The average Bonchev–Trinajstić information content (AvgIpc) is 2.83. The van der Waals surface area contributed by atoms with Gasteiger partial charge in [-0.2, -0.15) is 5.06 Å². The molecule has 0 saturated carbocycles. The maximum Gasteiger partial charge on any atom is 0.129 e.